The van der Waals surface area contributed by atoms with Crippen LogP contribution in [0.4, 0.5) is 5.13 Å². The number of hydrogen-bond donors (Lipinski definition) is 3. The fourth-order valence-corrected chi connectivity index (χ4v) is 2.96. The maximum absolute atomic E-state index is 12.0. The predicted molar refractivity (Wildman–Crippen MR) is 92.9 cm³/mol. The molecule has 0 spiro atoms. The van der Waals surface area contributed by atoms with Crippen molar-refractivity contribution in [3.8, 4) is 0 Å². The standard InChI is InChI=1S/C17H17N3O2S/c1-18-17-20-14(10-23-17)16(22)19-9-15(21)13-7-6-11-4-2-3-5-12(11)8-13/h2-8,10,15,21H,9H2,1H3,(H,18,20)(H,19,22). The van der Waals surface area contributed by atoms with Gasteiger partial charge in [0.15, 0.2) is 5.13 Å². The number of rotatable bonds is 5. The minimum absolute atomic E-state index is 0.142. The molecular weight excluding hydrogens is 310 g/mol. The Hall–Kier alpha value is -2.44. The van der Waals surface area contributed by atoms with Crippen LogP contribution < -0.4 is 10.6 Å². The average Bonchev–Trinajstić information content (AvgIpc) is 3.08. The molecule has 0 bridgehead atoms. The van der Waals surface area contributed by atoms with E-state index in [2.05, 4.69) is 15.6 Å². The molecule has 1 aromatic heterocycles. The summed E-state index contributed by atoms with van der Waals surface area (Å²) < 4.78 is 0. The van der Waals surface area contributed by atoms with Crippen molar-refractivity contribution >= 4 is 33.1 Å². The van der Waals surface area contributed by atoms with Crippen LogP contribution in [0.2, 0.25) is 0 Å². The van der Waals surface area contributed by atoms with Crippen LogP contribution in [0, 0.1) is 0 Å². The molecule has 3 aromatic rings. The van der Waals surface area contributed by atoms with E-state index in [0.29, 0.717) is 10.8 Å². The average molecular weight is 327 g/mol. The van der Waals surface area contributed by atoms with Crippen molar-refractivity contribution in [2.75, 3.05) is 18.9 Å². The van der Waals surface area contributed by atoms with E-state index in [0.717, 1.165) is 16.3 Å². The molecule has 1 atom stereocenters. The third-order valence-electron chi connectivity index (χ3n) is 3.56. The molecule has 0 aliphatic heterocycles. The summed E-state index contributed by atoms with van der Waals surface area (Å²) in [7, 11) is 1.75. The van der Waals surface area contributed by atoms with Crippen LogP contribution in [-0.2, 0) is 0 Å². The Labute approximate surface area is 138 Å². The van der Waals surface area contributed by atoms with Gasteiger partial charge >= 0.3 is 0 Å². The molecular formula is C17H17N3O2S. The molecule has 118 valence electrons. The number of aliphatic hydroxyl groups excluding tert-OH is 1. The summed E-state index contributed by atoms with van der Waals surface area (Å²) in [5.41, 5.74) is 1.13. The van der Waals surface area contributed by atoms with E-state index in [-0.39, 0.29) is 12.5 Å². The van der Waals surface area contributed by atoms with E-state index in [1.807, 2.05) is 42.5 Å². The maximum atomic E-state index is 12.0. The van der Waals surface area contributed by atoms with Gasteiger partial charge < -0.3 is 15.7 Å². The molecule has 1 heterocycles. The minimum atomic E-state index is -0.758. The summed E-state index contributed by atoms with van der Waals surface area (Å²) >= 11 is 1.36. The van der Waals surface area contributed by atoms with Gasteiger partial charge in [-0.3, -0.25) is 4.79 Å². The summed E-state index contributed by atoms with van der Waals surface area (Å²) in [5.74, 6) is -0.289. The molecule has 5 nitrogen and oxygen atoms in total. The number of carbonyl (C=O) groups is 1. The van der Waals surface area contributed by atoms with Crippen molar-refractivity contribution in [3.05, 3.63) is 59.1 Å². The Morgan fingerprint density at radius 3 is 2.78 bits per heavy atom. The number of aliphatic hydroxyl groups is 1. The smallest absolute Gasteiger partial charge is 0.270 e. The van der Waals surface area contributed by atoms with Crippen LogP contribution in [-0.4, -0.2) is 29.6 Å². The van der Waals surface area contributed by atoms with Gasteiger partial charge in [-0.05, 0) is 22.4 Å². The van der Waals surface area contributed by atoms with Crippen molar-refractivity contribution in [2.45, 2.75) is 6.10 Å². The SMILES string of the molecule is CNc1nc(C(=O)NCC(O)c2ccc3ccccc3c2)cs1. The normalized spacial score (nSPS) is 12.1. The molecule has 0 saturated heterocycles. The van der Waals surface area contributed by atoms with Crippen molar-refractivity contribution in [1.82, 2.24) is 10.3 Å². The Kier molecular flexibility index (Phi) is 4.55. The highest BCUT2D eigenvalue weighted by molar-refractivity contribution is 7.13. The van der Waals surface area contributed by atoms with E-state index in [1.54, 1.807) is 12.4 Å². The first-order valence-corrected chi connectivity index (χ1v) is 8.13. The van der Waals surface area contributed by atoms with Gasteiger partial charge in [0.05, 0.1) is 6.10 Å². The largest absolute Gasteiger partial charge is 0.387 e. The molecule has 1 amide bonds. The van der Waals surface area contributed by atoms with Gasteiger partial charge in [-0.15, -0.1) is 11.3 Å². The number of amides is 1. The molecule has 0 fully saturated rings. The number of hydrogen-bond acceptors (Lipinski definition) is 5. The zero-order chi connectivity index (χ0) is 16.2. The van der Waals surface area contributed by atoms with E-state index < -0.39 is 6.10 Å². The molecule has 23 heavy (non-hydrogen) atoms. The highest BCUT2D eigenvalue weighted by atomic mass is 32.1. The molecule has 1 unspecified atom stereocenters. The zero-order valence-corrected chi connectivity index (χ0v) is 13.4. The number of nitrogens with zero attached hydrogens (tertiary/aromatic N) is 1. The summed E-state index contributed by atoms with van der Waals surface area (Å²) in [4.78, 5) is 16.2. The van der Waals surface area contributed by atoms with Gasteiger partial charge in [0, 0.05) is 19.0 Å². The van der Waals surface area contributed by atoms with Crippen LogP contribution in [0.25, 0.3) is 10.8 Å². The summed E-state index contributed by atoms with van der Waals surface area (Å²) in [5, 5.41) is 20.4. The lowest BCUT2D eigenvalue weighted by Gasteiger charge is -2.12. The number of carbonyl (C=O) groups excluding carboxylic acids is 1. The first-order chi connectivity index (χ1) is 11.2. The van der Waals surface area contributed by atoms with Crippen LogP contribution in [0.3, 0.4) is 0 Å². The number of aromatic nitrogens is 1. The van der Waals surface area contributed by atoms with E-state index >= 15 is 0 Å². The molecule has 2 aromatic carbocycles. The first kappa shape index (κ1) is 15.5. The maximum Gasteiger partial charge on any atom is 0.270 e. The number of benzene rings is 2. The highest BCUT2D eigenvalue weighted by Crippen LogP contribution is 2.20. The lowest BCUT2D eigenvalue weighted by atomic mass is 10.0. The molecule has 3 N–H and O–H groups in total. The van der Waals surface area contributed by atoms with Gasteiger partial charge in [0.1, 0.15) is 5.69 Å². The molecule has 0 radical (unpaired) electrons. The van der Waals surface area contributed by atoms with E-state index in [1.165, 1.54) is 11.3 Å². The van der Waals surface area contributed by atoms with Crippen LogP contribution in [0.15, 0.2) is 47.8 Å². The Morgan fingerprint density at radius 2 is 2.04 bits per heavy atom. The quantitative estimate of drug-likeness (QED) is 0.674. The second kappa shape index (κ2) is 6.76. The zero-order valence-electron chi connectivity index (χ0n) is 12.6. The second-order valence-electron chi connectivity index (χ2n) is 5.12. The van der Waals surface area contributed by atoms with Crippen LogP contribution in [0.1, 0.15) is 22.2 Å². The lowest BCUT2D eigenvalue weighted by Crippen LogP contribution is -2.28. The van der Waals surface area contributed by atoms with Crippen molar-refractivity contribution in [2.24, 2.45) is 0 Å². The molecule has 0 aliphatic carbocycles. The number of nitrogens with one attached hydrogen (secondary N) is 2. The Morgan fingerprint density at radius 1 is 1.26 bits per heavy atom. The lowest BCUT2D eigenvalue weighted by molar-refractivity contribution is 0.0912. The van der Waals surface area contributed by atoms with Gasteiger partial charge in [-0.25, -0.2) is 4.98 Å². The van der Waals surface area contributed by atoms with Crippen molar-refractivity contribution in [3.63, 3.8) is 0 Å². The predicted octanol–water partition coefficient (Wildman–Crippen LogP) is 2.80. The monoisotopic (exact) mass is 327 g/mol. The van der Waals surface area contributed by atoms with E-state index in [4.69, 9.17) is 0 Å². The third kappa shape index (κ3) is 3.49. The van der Waals surface area contributed by atoms with Gasteiger partial charge in [0.25, 0.3) is 5.91 Å². The Balaban J connectivity index is 1.65. The molecule has 0 aliphatic rings. The van der Waals surface area contributed by atoms with Crippen molar-refractivity contribution < 1.29 is 9.90 Å². The van der Waals surface area contributed by atoms with Crippen molar-refractivity contribution in [1.29, 1.82) is 0 Å². The highest BCUT2D eigenvalue weighted by Gasteiger charge is 2.13. The second-order valence-corrected chi connectivity index (χ2v) is 5.98. The summed E-state index contributed by atoms with van der Waals surface area (Å²) in [6, 6.07) is 13.7. The third-order valence-corrected chi connectivity index (χ3v) is 4.42. The fourth-order valence-electron chi connectivity index (χ4n) is 2.31. The van der Waals surface area contributed by atoms with Gasteiger partial charge in [0.2, 0.25) is 0 Å². The van der Waals surface area contributed by atoms with Gasteiger partial charge in [-0.1, -0.05) is 36.4 Å². The fraction of sp³-hybridized carbons (Fsp3) is 0.176. The Bertz CT molecular complexity index is 831. The topological polar surface area (TPSA) is 74.2 Å². The molecule has 3 rings (SSSR count). The molecule has 0 saturated carbocycles. The van der Waals surface area contributed by atoms with Crippen LogP contribution in [0.5, 0.6) is 0 Å². The van der Waals surface area contributed by atoms with E-state index in [9.17, 15) is 9.90 Å². The minimum Gasteiger partial charge on any atom is -0.387 e. The first-order valence-electron chi connectivity index (χ1n) is 7.25. The summed E-state index contributed by atoms with van der Waals surface area (Å²) in [6.07, 6.45) is -0.758. The van der Waals surface area contributed by atoms with Gasteiger partial charge in [-0.2, -0.15) is 0 Å². The molecule has 6 heteroatoms. The number of fused-ring (bicyclic) bond motifs is 1. The number of anilines is 1. The summed E-state index contributed by atoms with van der Waals surface area (Å²) in [6.45, 7) is 0.142. The van der Waals surface area contributed by atoms with Crippen LogP contribution >= 0.6 is 11.3 Å². The number of thiazole rings is 1.